The van der Waals surface area contributed by atoms with Crippen molar-refractivity contribution in [1.82, 2.24) is 0 Å². The van der Waals surface area contributed by atoms with Crippen molar-refractivity contribution in [2.75, 3.05) is 0 Å². The molecule has 0 amide bonds. The minimum Gasteiger partial charge on any atom is -0.464 e. The molecule has 2 heteroatoms. The highest BCUT2D eigenvalue weighted by Gasteiger charge is 2.31. The maximum absolute atomic E-state index is 11.4. The molecule has 0 aliphatic heterocycles. The number of rotatable bonds is 1. The van der Waals surface area contributed by atoms with Gasteiger partial charge >= 0.3 is 0 Å². The molecule has 2 nitrogen and oxygen atoms in total. The van der Waals surface area contributed by atoms with Crippen LogP contribution in [0.15, 0.2) is 28.9 Å². The Morgan fingerprint density at radius 2 is 2.27 bits per heavy atom. The van der Waals surface area contributed by atoms with Gasteiger partial charge in [-0.05, 0) is 25.5 Å². The number of carbonyl (C=O) groups excluding carboxylic acids is 1. The highest BCUT2D eigenvalue weighted by Crippen LogP contribution is 2.38. The molecule has 3 rings (SSSR count). The molecule has 0 N–H and O–H groups in total. The van der Waals surface area contributed by atoms with Crippen LogP contribution in [0.5, 0.6) is 0 Å². The number of furan rings is 1. The van der Waals surface area contributed by atoms with E-state index in [2.05, 4.69) is 13.0 Å². The first-order valence-corrected chi connectivity index (χ1v) is 5.26. The fourth-order valence-corrected chi connectivity index (χ4v) is 2.17. The van der Waals surface area contributed by atoms with Crippen molar-refractivity contribution in [3.63, 3.8) is 0 Å². The van der Waals surface area contributed by atoms with E-state index in [0.717, 1.165) is 29.4 Å². The van der Waals surface area contributed by atoms with Gasteiger partial charge in [-0.2, -0.15) is 0 Å². The number of hydrogen-bond donors (Lipinski definition) is 0. The number of fused-ring (bicyclic) bond motifs is 1. The summed E-state index contributed by atoms with van der Waals surface area (Å²) >= 11 is 0. The Morgan fingerprint density at radius 1 is 1.40 bits per heavy atom. The second-order valence-electron chi connectivity index (χ2n) is 4.25. The first-order chi connectivity index (χ1) is 7.25. The van der Waals surface area contributed by atoms with Gasteiger partial charge in [0.05, 0.1) is 6.26 Å². The molecular formula is C13H12O2. The number of ketones is 1. The van der Waals surface area contributed by atoms with Crippen LogP contribution in [0, 0.1) is 6.92 Å². The predicted octanol–water partition coefficient (Wildman–Crippen LogP) is 3.19. The third kappa shape index (κ3) is 1.21. The zero-order chi connectivity index (χ0) is 10.4. The van der Waals surface area contributed by atoms with Gasteiger partial charge in [0.1, 0.15) is 11.4 Å². The van der Waals surface area contributed by atoms with Gasteiger partial charge in [0.25, 0.3) is 0 Å². The van der Waals surface area contributed by atoms with Gasteiger partial charge in [-0.1, -0.05) is 11.6 Å². The zero-order valence-electron chi connectivity index (χ0n) is 8.62. The van der Waals surface area contributed by atoms with E-state index in [4.69, 9.17) is 4.42 Å². The molecule has 1 aromatic carbocycles. The maximum atomic E-state index is 11.4. The van der Waals surface area contributed by atoms with Gasteiger partial charge in [-0.3, -0.25) is 4.79 Å². The molecule has 1 unspecified atom stereocenters. The van der Waals surface area contributed by atoms with Crippen LogP contribution < -0.4 is 0 Å². The molecule has 1 aliphatic rings. The van der Waals surface area contributed by atoms with Crippen molar-refractivity contribution in [3.8, 4) is 0 Å². The average molecular weight is 200 g/mol. The smallest absolute Gasteiger partial charge is 0.140 e. The lowest BCUT2D eigenvalue weighted by atomic mass is 9.78. The highest BCUT2D eigenvalue weighted by molar-refractivity contribution is 5.96. The number of benzene rings is 1. The van der Waals surface area contributed by atoms with E-state index in [1.807, 2.05) is 12.1 Å². The average Bonchev–Trinajstić information content (AvgIpc) is 2.59. The van der Waals surface area contributed by atoms with Gasteiger partial charge in [0.15, 0.2) is 0 Å². The Bertz CT molecular complexity index is 536. The van der Waals surface area contributed by atoms with Gasteiger partial charge in [-0.25, -0.2) is 0 Å². The van der Waals surface area contributed by atoms with E-state index in [1.165, 1.54) is 5.56 Å². The lowest BCUT2D eigenvalue weighted by molar-refractivity contribution is -0.125. The van der Waals surface area contributed by atoms with Crippen molar-refractivity contribution in [2.45, 2.75) is 25.7 Å². The van der Waals surface area contributed by atoms with Crippen LogP contribution >= 0.6 is 0 Å². The number of hydrogen-bond acceptors (Lipinski definition) is 2. The second-order valence-corrected chi connectivity index (χ2v) is 4.25. The molecular weight excluding hydrogens is 188 g/mol. The number of aryl methyl sites for hydroxylation is 1. The third-order valence-corrected chi connectivity index (χ3v) is 3.20. The lowest BCUT2D eigenvalue weighted by Gasteiger charge is -2.22. The molecule has 0 spiro atoms. The topological polar surface area (TPSA) is 30.2 Å². The molecule has 0 radical (unpaired) electrons. The lowest BCUT2D eigenvalue weighted by Crippen LogP contribution is -2.22. The highest BCUT2D eigenvalue weighted by atomic mass is 16.3. The minimum atomic E-state index is 0.0908. The van der Waals surface area contributed by atoms with E-state index in [0.29, 0.717) is 5.78 Å². The SMILES string of the molecule is Cc1ccc2occ(C3CCC3=O)c2c1. The molecule has 0 saturated heterocycles. The largest absolute Gasteiger partial charge is 0.464 e. The van der Waals surface area contributed by atoms with Crippen molar-refractivity contribution < 1.29 is 9.21 Å². The van der Waals surface area contributed by atoms with Crippen LogP contribution in [0.3, 0.4) is 0 Å². The van der Waals surface area contributed by atoms with Gasteiger partial charge < -0.3 is 4.42 Å². The predicted molar refractivity (Wildman–Crippen MR) is 57.9 cm³/mol. The third-order valence-electron chi connectivity index (χ3n) is 3.20. The quantitative estimate of drug-likeness (QED) is 0.707. The Kier molecular flexibility index (Phi) is 1.72. The summed E-state index contributed by atoms with van der Waals surface area (Å²) in [6.07, 6.45) is 3.44. The van der Waals surface area contributed by atoms with Crippen molar-refractivity contribution >= 4 is 16.8 Å². The van der Waals surface area contributed by atoms with E-state index < -0.39 is 0 Å². The van der Waals surface area contributed by atoms with Crippen LogP contribution in [0.4, 0.5) is 0 Å². The molecule has 1 saturated carbocycles. The van der Waals surface area contributed by atoms with Crippen LogP contribution in [0.1, 0.15) is 29.9 Å². The maximum Gasteiger partial charge on any atom is 0.140 e. The summed E-state index contributed by atoms with van der Waals surface area (Å²) in [5.74, 6) is 0.437. The summed E-state index contributed by atoms with van der Waals surface area (Å²) in [4.78, 5) is 11.4. The first-order valence-electron chi connectivity index (χ1n) is 5.26. The molecule has 76 valence electrons. The first kappa shape index (κ1) is 8.72. The van der Waals surface area contributed by atoms with Crippen molar-refractivity contribution in [3.05, 3.63) is 35.6 Å². The molecule has 1 atom stereocenters. The summed E-state index contributed by atoms with van der Waals surface area (Å²) in [5, 5.41) is 1.10. The molecule has 15 heavy (non-hydrogen) atoms. The standard InChI is InChI=1S/C13H12O2/c1-8-2-5-13-10(6-8)11(7-15-13)9-3-4-12(9)14/h2,5-7,9H,3-4H2,1H3. The fraction of sp³-hybridized carbons (Fsp3) is 0.308. The molecule has 1 fully saturated rings. The van der Waals surface area contributed by atoms with Gasteiger partial charge in [0, 0.05) is 23.3 Å². The minimum absolute atomic E-state index is 0.0908. The van der Waals surface area contributed by atoms with Gasteiger partial charge in [-0.15, -0.1) is 0 Å². The Hall–Kier alpha value is -1.57. The van der Waals surface area contributed by atoms with E-state index in [1.54, 1.807) is 6.26 Å². The van der Waals surface area contributed by atoms with Crippen LogP contribution in [0.25, 0.3) is 11.0 Å². The number of carbonyl (C=O) groups is 1. The Balaban J connectivity index is 2.18. The van der Waals surface area contributed by atoms with Crippen LogP contribution in [-0.2, 0) is 4.79 Å². The second kappa shape index (κ2) is 2.96. The summed E-state index contributed by atoms with van der Waals surface area (Å²) in [6, 6.07) is 6.09. The number of Topliss-reactive ketones (excluding diaryl/α,β-unsaturated/α-hetero) is 1. The van der Waals surface area contributed by atoms with E-state index in [-0.39, 0.29) is 5.92 Å². The van der Waals surface area contributed by atoms with E-state index >= 15 is 0 Å². The van der Waals surface area contributed by atoms with Gasteiger partial charge in [0.2, 0.25) is 0 Å². The van der Waals surface area contributed by atoms with Crippen LogP contribution in [0.2, 0.25) is 0 Å². The monoisotopic (exact) mass is 200 g/mol. The molecule has 1 aliphatic carbocycles. The normalized spacial score (nSPS) is 20.6. The summed E-state index contributed by atoms with van der Waals surface area (Å²) in [5.41, 5.74) is 3.16. The molecule has 1 aromatic heterocycles. The van der Waals surface area contributed by atoms with Crippen molar-refractivity contribution in [2.24, 2.45) is 0 Å². The van der Waals surface area contributed by atoms with Crippen molar-refractivity contribution in [1.29, 1.82) is 0 Å². The summed E-state index contributed by atoms with van der Waals surface area (Å²) in [7, 11) is 0. The molecule has 0 bridgehead atoms. The Morgan fingerprint density at radius 3 is 2.93 bits per heavy atom. The zero-order valence-corrected chi connectivity index (χ0v) is 8.62. The van der Waals surface area contributed by atoms with E-state index in [9.17, 15) is 4.79 Å². The fourth-order valence-electron chi connectivity index (χ4n) is 2.17. The Labute approximate surface area is 87.9 Å². The summed E-state index contributed by atoms with van der Waals surface area (Å²) in [6.45, 7) is 2.05. The summed E-state index contributed by atoms with van der Waals surface area (Å²) < 4.78 is 5.46. The van der Waals surface area contributed by atoms with Crippen LogP contribution in [-0.4, -0.2) is 5.78 Å². The molecule has 1 heterocycles. The molecule has 2 aromatic rings.